The van der Waals surface area contributed by atoms with Crippen LogP contribution < -0.4 is 20.4 Å². The highest BCUT2D eigenvalue weighted by Gasteiger charge is 2.32. The SMILES string of the molecule is Cc1ccccc1N1CCN(c2ccc(C(=O)N[C@H]3CCCC(O)C3O)cc2NC(=O)c2coc(C3CC3)n2)CC1. The second-order valence-corrected chi connectivity index (χ2v) is 11.4. The average molecular weight is 560 g/mol. The maximum atomic E-state index is 13.2. The van der Waals surface area contributed by atoms with Crippen LogP contribution in [0, 0.1) is 6.92 Å². The lowest BCUT2D eigenvalue weighted by Gasteiger charge is -2.38. The van der Waals surface area contributed by atoms with Crippen molar-refractivity contribution in [3.05, 3.63) is 71.4 Å². The Bertz CT molecular complexity index is 1410. The van der Waals surface area contributed by atoms with E-state index in [0.717, 1.165) is 51.1 Å². The van der Waals surface area contributed by atoms with E-state index in [2.05, 4.69) is 50.5 Å². The number of rotatable bonds is 7. The van der Waals surface area contributed by atoms with Gasteiger partial charge in [-0.2, -0.15) is 0 Å². The molecule has 0 radical (unpaired) electrons. The highest BCUT2D eigenvalue weighted by molar-refractivity contribution is 6.06. The number of hydrogen-bond donors (Lipinski definition) is 4. The lowest BCUT2D eigenvalue weighted by molar-refractivity contribution is -0.0278. The van der Waals surface area contributed by atoms with Crippen LogP contribution in [0.2, 0.25) is 0 Å². The fourth-order valence-corrected chi connectivity index (χ4v) is 5.82. The molecule has 2 saturated carbocycles. The molecule has 2 unspecified atom stereocenters. The maximum Gasteiger partial charge on any atom is 0.277 e. The summed E-state index contributed by atoms with van der Waals surface area (Å²) in [6, 6.07) is 13.1. The van der Waals surface area contributed by atoms with Gasteiger partial charge in [-0.15, -0.1) is 0 Å². The van der Waals surface area contributed by atoms with E-state index in [0.29, 0.717) is 30.0 Å². The second kappa shape index (κ2) is 11.5. The molecule has 2 heterocycles. The first-order valence-corrected chi connectivity index (χ1v) is 14.5. The van der Waals surface area contributed by atoms with Gasteiger partial charge in [-0.25, -0.2) is 4.98 Å². The Labute approximate surface area is 239 Å². The number of oxazole rings is 1. The third-order valence-electron chi connectivity index (χ3n) is 8.40. The van der Waals surface area contributed by atoms with Crippen LogP contribution in [-0.4, -0.2) is 71.4 Å². The van der Waals surface area contributed by atoms with Crippen LogP contribution >= 0.6 is 0 Å². The number of nitrogens with one attached hydrogen (secondary N) is 2. The average Bonchev–Trinajstić information content (AvgIpc) is 3.71. The van der Waals surface area contributed by atoms with E-state index >= 15 is 0 Å². The van der Waals surface area contributed by atoms with Crippen LogP contribution in [0.5, 0.6) is 0 Å². The highest BCUT2D eigenvalue weighted by Crippen LogP contribution is 2.39. The Morgan fingerprint density at radius 2 is 1.66 bits per heavy atom. The number of anilines is 3. The molecule has 1 saturated heterocycles. The molecule has 2 aliphatic carbocycles. The molecule has 10 nitrogen and oxygen atoms in total. The molecule has 1 aromatic heterocycles. The van der Waals surface area contributed by atoms with Gasteiger partial charge >= 0.3 is 0 Å². The smallest absolute Gasteiger partial charge is 0.277 e. The van der Waals surface area contributed by atoms with Gasteiger partial charge < -0.3 is 35.1 Å². The molecule has 41 heavy (non-hydrogen) atoms. The number of hydrogen-bond acceptors (Lipinski definition) is 8. The number of piperazine rings is 1. The van der Waals surface area contributed by atoms with E-state index < -0.39 is 24.2 Å². The molecule has 3 atom stereocenters. The number of para-hydroxylation sites is 1. The minimum Gasteiger partial charge on any atom is -0.448 e. The van der Waals surface area contributed by atoms with E-state index in [9.17, 15) is 19.8 Å². The van der Waals surface area contributed by atoms with Crippen molar-refractivity contribution in [3.63, 3.8) is 0 Å². The number of aliphatic hydroxyl groups excluding tert-OH is 2. The minimum atomic E-state index is -1.01. The fraction of sp³-hybridized carbons (Fsp3) is 0.452. The van der Waals surface area contributed by atoms with Crippen molar-refractivity contribution in [1.82, 2.24) is 10.3 Å². The molecule has 0 bridgehead atoms. The van der Waals surface area contributed by atoms with Crippen LogP contribution in [-0.2, 0) is 0 Å². The van der Waals surface area contributed by atoms with Gasteiger partial charge in [0.1, 0.15) is 6.26 Å². The summed E-state index contributed by atoms with van der Waals surface area (Å²) >= 11 is 0. The van der Waals surface area contributed by atoms with E-state index in [1.165, 1.54) is 17.5 Å². The van der Waals surface area contributed by atoms with Crippen LogP contribution in [0.4, 0.5) is 17.1 Å². The van der Waals surface area contributed by atoms with Crippen LogP contribution in [0.15, 0.2) is 53.1 Å². The molecule has 1 aliphatic heterocycles. The van der Waals surface area contributed by atoms with Crippen molar-refractivity contribution in [1.29, 1.82) is 0 Å². The van der Waals surface area contributed by atoms with Crippen LogP contribution in [0.3, 0.4) is 0 Å². The molecule has 6 rings (SSSR count). The van der Waals surface area contributed by atoms with Crippen molar-refractivity contribution >= 4 is 28.9 Å². The Balaban J connectivity index is 1.22. The first kappa shape index (κ1) is 27.3. The van der Waals surface area contributed by atoms with Gasteiger partial charge in [-0.05, 0) is 68.9 Å². The molecule has 4 N–H and O–H groups in total. The molecular weight excluding hydrogens is 522 g/mol. The molecule has 0 spiro atoms. The Hall–Kier alpha value is -3.89. The number of carbonyl (C=O) groups excluding carboxylic acids is 2. The lowest BCUT2D eigenvalue weighted by Crippen LogP contribution is -2.51. The molecule has 2 aromatic carbocycles. The summed E-state index contributed by atoms with van der Waals surface area (Å²) in [5.74, 6) is 0.109. The van der Waals surface area contributed by atoms with Gasteiger partial charge in [0.05, 0.1) is 29.6 Å². The van der Waals surface area contributed by atoms with Gasteiger partial charge in [0.15, 0.2) is 11.6 Å². The topological polar surface area (TPSA) is 131 Å². The van der Waals surface area contributed by atoms with Crippen molar-refractivity contribution < 1.29 is 24.2 Å². The van der Waals surface area contributed by atoms with Gasteiger partial charge in [-0.3, -0.25) is 9.59 Å². The maximum absolute atomic E-state index is 13.2. The normalized spacial score (nSPS) is 22.9. The molecule has 3 fully saturated rings. The molecule has 3 aliphatic rings. The van der Waals surface area contributed by atoms with Gasteiger partial charge in [-0.1, -0.05) is 18.2 Å². The summed E-state index contributed by atoms with van der Waals surface area (Å²) in [6.07, 6.45) is 3.38. The van der Waals surface area contributed by atoms with Crippen molar-refractivity contribution in [3.8, 4) is 0 Å². The first-order valence-electron chi connectivity index (χ1n) is 14.5. The Morgan fingerprint density at radius 3 is 2.39 bits per heavy atom. The fourth-order valence-electron chi connectivity index (χ4n) is 5.82. The Kier molecular flexibility index (Phi) is 7.68. The van der Waals surface area contributed by atoms with Gasteiger partial charge in [0.25, 0.3) is 11.8 Å². The largest absolute Gasteiger partial charge is 0.448 e. The van der Waals surface area contributed by atoms with E-state index in [1.807, 2.05) is 12.1 Å². The molecule has 2 amide bonds. The van der Waals surface area contributed by atoms with E-state index in [1.54, 1.807) is 12.1 Å². The van der Waals surface area contributed by atoms with E-state index in [4.69, 9.17) is 4.42 Å². The second-order valence-electron chi connectivity index (χ2n) is 11.4. The number of aromatic nitrogens is 1. The standard InChI is InChI=1S/C31H37N5O5/c1-19-5-2-3-7-25(19)35-13-15-36(16-14-35)26-12-11-21(29(39)32-22-6-4-8-27(37)28(22)38)17-23(26)33-30(40)24-18-41-31(34-24)20-9-10-20/h2-3,5,7,11-12,17-18,20,22,27-28,37-38H,4,6,8-10,13-16H2,1H3,(H,32,39)(H,33,40)/t22-,27?,28?/m0/s1. The van der Waals surface area contributed by atoms with Crippen molar-refractivity contribution in [2.45, 2.75) is 63.2 Å². The van der Waals surface area contributed by atoms with Crippen molar-refractivity contribution in [2.75, 3.05) is 41.3 Å². The number of carbonyl (C=O) groups is 2. The van der Waals surface area contributed by atoms with Crippen LogP contribution in [0.25, 0.3) is 0 Å². The zero-order valence-corrected chi connectivity index (χ0v) is 23.3. The quantitative estimate of drug-likeness (QED) is 0.346. The summed E-state index contributed by atoms with van der Waals surface area (Å²) in [7, 11) is 0. The predicted molar refractivity (Wildman–Crippen MR) is 156 cm³/mol. The molecular formula is C31H37N5O5. The van der Waals surface area contributed by atoms with Gasteiger partial charge in [0, 0.05) is 43.3 Å². The molecule has 10 heteroatoms. The predicted octanol–water partition coefficient (Wildman–Crippen LogP) is 3.44. The number of aliphatic hydroxyl groups is 2. The summed E-state index contributed by atoms with van der Waals surface area (Å²) < 4.78 is 5.53. The van der Waals surface area contributed by atoms with Crippen molar-refractivity contribution in [2.24, 2.45) is 0 Å². The monoisotopic (exact) mass is 559 g/mol. The lowest BCUT2D eigenvalue weighted by atomic mass is 9.90. The van der Waals surface area contributed by atoms with Crippen LogP contribution in [0.1, 0.15) is 70.3 Å². The first-order chi connectivity index (χ1) is 19.9. The number of amides is 2. The third-order valence-corrected chi connectivity index (χ3v) is 8.40. The zero-order valence-electron chi connectivity index (χ0n) is 23.3. The van der Waals surface area contributed by atoms with E-state index in [-0.39, 0.29) is 17.5 Å². The number of aryl methyl sites for hydroxylation is 1. The Morgan fingerprint density at radius 1 is 0.927 bits per heavy atom. The number of nitrogens with zero attached hydrogens (tertiary/aromatic N) is 3. The zero-order chi connectivity index (χ0) is 28.5. The van der Waals surface area contributed by atoms with Gasteiger partial charge in [0.2, 0.25) is 0 Å². The highest BCUT2D eigenvalue weighted by atomic mass is 16.3. The number of benzene rings is 2. The summed E-state index contributed by atoms with van der Waals surface area (Å²) in [5, 5.41) is 26.3. The summed E-state index contributed by atoms with van der Waals surface area (Å²) in [4.78, 5) is 35.4. The third kappa shape index (κ3) is 5.94. The minimum absolute atomic E-state index is 0.205. The summed E-state index contributed by atoms with van der Waals surface area (Å²) in [6.45, 7) is 5.23. The summed E-state index contributed by atoms with van der Waals surface area (Å²) in [5.41, 5.74) is 4.34. The molecule has 216 valence electrons. The molecule has 3 aromatic rings.